The maximum atomic E-state index is 15.2. The number of amides is 2. The summed E-state index contributed by atoms with van der Waals surface area (Å²) in [5.41, 5.74) is 0.594. The van der Waals surface area contributed by atoms with Crippen molar-refractivity contribution in [2.75, 3.05) is 31.1 Å². The molecule has 1 N–H and O–H groups in total. The average molecular weight is 600 g/mol. The summed E-state index contributed by atoms with van der Waals surface area (Å²) < 4.78 is 73.6. The zero-order chi connectivity index (χ0) is 27.2. The number of hydrogen-bond acceptors (Lipinski definition) is 4. The Morgan fingerprint density at radius 1 is 0.921 bits per heavy atom. The lowest BCUT2D eigenvalue weighted by molar-refractivity contribution is -0.134. The van der Waals surface area contributed by atoms with Crippen LogP contribution in [0, 0.1) is 17.5 Å². The van der Waals surface area contributed by atoms with Crippen molar-refractivity contribution < 1.29 is 31.5 Å². The first-order chi connectivity index (χ1) is 18.0. The van der Waals surface area contributed by atoms with Crippen molar-refractivity contribution in [1.82, 2.24) is 10.2 Å². The van der Waals surface area contributed by atoms with Crippen LogP contribution < -0.4 is 10.2 Å². The molecule has 3 saturated heterocycles. The molecule has 204 valence electrons. The maximum absolute atomic E-state index is 15.2. The van der Waals surface area contributed by atoms with Crippen LogP contribution in [-0.2, 0) is 9.59 Å². The highest BCUT2D eigenvalue weighted by Gasteiger charge is 2.48. The SMILES string of the molecule is O=C1CCC(c2ccc(N3CCC(N4CC[C@@H](c5ccc(Br)c(F)c5F)C(F)(F)C4)CC3)c(F)c2)C(=O)N1. The van der Waals surface area contributed by atoms with E-state index in [1.165, 1.54) is 18.2 Å². The van der Waals surface area contributed by atoms with E-state index in [0.717, 1.165) is 0 Å². The molecule has 5 nitrogen and oxygen atoms in total. The molecule has 3 fully saturated rings. The monoisotopic (exact) mass is 599 g/mol. The third kappa shape index (κ3) is 5.19. The quantitative estimate of drug-likeness (QED) is 0.287. The molecule has 5 rings (SSSR count). The van der Waals surface area contributed by atoms with E-state index in [2.05, 4.69) is 21.2 Å². The molecule has 2 aromatic carbocycles. The lowest BCUT2D eigenvalue weighted by Crippen LogP contribution is -2.54. The van der Waals surface area contributed by atoms with Gasteiger partial charge in [-0.2, -0.15) is 0 Å². The number of nitrogens with zero attached hydrogens (tertiary/aromatic N) is 2. The zero-order valence-electron chi connectivity index (χ0n) is 20.5. The van der Waals surface area contributed by atoms with E-state index in [4.69, 9.17) is 0 Å². The molecule has 38 heavy (non-hydrogen) atoms. The van der Waals surface area contributed by atoms with E-state index in [-0.39, 0.29) is 34.8 Å². The van der Waals surface area contributed by atoms with Gasteiger partial charge >= 0.3 is 0 Å². The van der Waals surface area contributed by atoms with E-state index in [0.29, 0.717) is 50.1 Å². The molecule has 0 aromatic heterocycles. The number of carbonyl (C=O) groups is 2. The highest BCUT2D eigenvalue weighted by atomic mass is 79.9. The number of halogens is 6. The van der Waals surface area contributed by atoms with Crippen molar-refractivity contribution in [2.45, 2.75) is 55.9 Å². The summed E-state index contributed by atoms with van der Waals surface area (Å²) in [6, 6.07) is 6.99. The topological polar surface area (TPSA) is 52.7 Å². The van der Waals surface area contributed by atoms with Crippen molar-refractivity contribution in [3.8, 4) is 0 Å². The van der Waals surface area contributed by atoms with Gasteiger partial charge in [-0.1, -0.05) is 12.1 Å². The van der Waals surface area contributed by atoms with Crippen LogP contribution >= 0.6 is 15.9 Å². The van der Waals surface area contributed by atoms with Crippen LogP contribution in [0.3, 0.4) is 0 Å². The molecule has 0 aliphatic carbocycles. The number of alkyl halides is 2. The summed E-state index contributed by atoms with van der Waals surface area (Å²) in [7, 11) is 0. The first kappa shape index (κ1) is 27.1. The van der Waals surface area contributed by atoms with Crippen molar-refractivity contribution in [1.29, 1.82) is 0 Å². The number of benzene rings is 2. The Bertz CT molecular complexity index is 1250. The molecular formula is C27H27BrF5N3O2. The fraction of sp³-hybridized carbons (Fsp3) is 0.481. The second-order valence-electron chi connectivity index (χ2n) is 10.3. The minimum Gasteiger partial charge on any atom is -0.369 e. The largest absolute Gasteiger partial charge is 0.369 e. The average Bonchev–Trinajstić information content (AvgIpc) is 2.87. The molecule has 3 heterocycles. The van der Waals surface area contributed by atoms with Crippen molar-refractivity contribution >= 4 is 33.4 Å². The molecule has 3 aliphatic rings. The first-order valence-electron chi connectivity index (χ1n) is 12.7. The third-order valence-corrected chi connectivity index (χ3v) is 8.62. The first-order valence-corrected chi connectivity index (χ1v) is 13.5. The van der Waals surface area contributed by atoms with Gasteiger partial charge in [0.25, 0.3) is 5.92 Å². The highest BCUT2D eigenvalue weighted by Crippen LogP contribution is 2.43. The molecule has 0 saturated carbocycles. The normalized spacial score (nSPS) is 24.9. The van der Waals surface area contributed by atoms with Crippen LogP contribution in [0.2, 0.25) is 0 Å². The summed E-state index contributed by atoms with van der Waals surface area (Å²) in [6.45, 7) is 0.723. The Morgan fingerprint density at radius 3 is 2.32 bits per heavy atom. The van der Waals surface area contributed by atoms with E-state index in [9.17, 15) is 18.4 Å². The van der Waals surface area contributed by atoms with Gasteiger partial charge in [-0.05, 0) is 71.9 Å². The van der Waals surface area contributed by atoms with E-state index in [1.54, 1.807) is 17.0 Å². The lowest BCUT2D eigenvalue weighted by atomic mass is 9.84. The Kier molecular flexibility index (Phi) is 7.52. The fourth-order valence-electron chi connectivity index (χ4n) is 5.95. The minimum atomic E-state index is -3.23. The molecule has 0 spiro atoms. The Hall–Kier alpha value is -2.53. The molecule has 2 aromatic rings. The minimum absolute atomic E-state index is 0.00163. The number of anilines is 1. The second-order valence-corrected chi connectivity index (χ2v) is 11.1. The molecule has 11 heteroatoms. The van der Waals surface area contributed by atoms with Gasteiger partial charge in [-0.25, -0.2) is 22.0 Å². The van der Waals surface area contributed by atoms with Gasteiger partial charge in [0.2, 0.25) is 11.8 Å². The Balaban J connectivity index is 1.21. The van der Waals surface area contributed by atoms with Crippen molar-refractivity contribution in [2.24, 2.45) is 0 Å². The second kappa shape index (κ2) is 10.6. The predicted octanol–water partition coefficient (Wildman–Crippen LogP) is 5.48. The molecular weight excluding hydrogens is 573 g/mol. The van der Waals surface area contributed by atoms with E-state index < -0.39 is 47.7 Å². The summed E-state index contributed by atoms with van der Waals surface area (Å²) in [6.07, 6.45) is 1.65. The van der Waals surface area contributed by atoms with E-state index in [1.807, 2.05) is 4.90 Å². The summed E-state index contributed by atoms with van der Waals surface area (Å²) in [5.74, 6) is -8.84. The Morgan fingerprint density at radius 2 is 1.66 bits per heavy atom. The standard InChI is InChI=1S/C27H27BrF5N3O2/c28-20-4-2-18(24(30)25(20)31)19-9-12-36(14-27(19,32)33)16-7-10-35(11-8-16)22-5-1-15(13-21(22)29)17-3-6-23(37)34-26(17)38/h1-2,4-5,13,16-17,19H,3,6-12,14H2,(H,34,37,38)/t17?,19-/m0/s1. The van der Waals surface area contributed by atoms with Crippen LogP contribution in [0.15, 0.2) is 34.8 Å². The number of likely N-dealkylation sites (tertiary alicyclic amines) is 1. The molecule has 3 aliphatic heterocycles. The van der Waals surface area contributed by atoms with Gasteiger partial charge in [-0.3, -0.25) is 19.8 Å². The van der Waals surface area contributed by atoms with Gasteiger partial charge in [0, 0.05) is 31.1 Å². The third-order valence-electron chi connectivity index (χ3n) is 8.00. The van der Waals surface area contributed by atoms with Crippen molar-refractivity contribution in [3.05, 3.63) is 63.4 Å². The lowest BCUT2D eigenvalue weighted by Gasteiger charge is -2.45. The summed E-state index contributed by atoms with van der Waals surface area (Å²) in [5, 5.41) is 2.28. The number of nitrogens with one attached hydrogen (secondary N) is 1. The predicted molar refractivity (Wildman–Crippen MR) is 135 cm³/mol. The van der Waals surface area contributed by atoms with Gasteiger partial charge < -0.3 is 4.90 Å². The molecule has 2 amide bonds. The van der Waals surface area contributed by atoms with Gasteiger partial charge in [0.05, 0.1) is 28.5 Å². The maximum Gasteiger partial charge on any atom is 0.267 e. The van der Waals surface area contributed by atoms with Gasteiger partial charge in [0.15, 0.2) is 11.6 Å². The summed E-state index contributed by atoms with van der Waals surface area (Å²) in [4.78, 5) is 27.1. The highest BCUT2D eigenvalue weighted by molar-refractivity contribution is 9.10. The van der Waals surface area contributed by atoms with Crippen molar-refractivity contribution in [3.63, 3.8) is 0 Å². The smallest absolute Gasteiger partial charge is 0.267 e. The van der Waals surface area contributed by atoms with Crippen LogP contribution in [0.5, 0.6) is 0 Å². The van der Waals surface area contributed by atoms with Gasteiger partial charge in [-0.15, -0.1) is 0 Å². The number of carbonyl (C=O) groups excluding carboxylic acids is 2. The van der Waals surface area contributed by atoms with Crippen LogP contribution in [-0.4, -0.2) is 54.9 Å². The zero-order valence-corrected chi connectivity index (χ0v) is 22.0. The number of imide groups is 1. The fourth-order valence-corrected chi connectivity index (χ4v) is 6.26. The summed E-state index contributed by atoms with van der Waals surface area (Å²) >= 11 is 2.88. The van der Waals surface area contributed by atoms with Crippen LogP contribution in [0.25, 0.3) is 0 Å². The number of rotatable bonds is 4. The van der Waals surface area contributed by atoms with E-state index >= 15 is 13.2 Å². The van der Waals surface area contributed by atoms with Crippen LogP contribution in [0.1, 0.15) is 55.1 Å². The molecule has 2 atom stereocenters. The van der Waals surface area contributed by atoms with Gasteiger partial charge in [0.1, 0.15) is 5.82 Å². The molecule has 0 bridgehead atoms. The Labute approximate surface area is 225 Å². The number of piperidine rings is 3. The molecule has 0 radical (unpaired) electrons. The number of hydrogen-bond donors (Lipinski definition) is 1. The van der Waals surface area contributed by atoms with Crippen LogP contribution in [0.4, 0.5) is 27.6 Å². The molecule has 1 unspecified atom stereocenters.